The molecule has 2 rings (SSSR count). The van der Waals surface area contributed by atoms with Crippen LogP contribution >= 0.6 is 11.3 Å². The third-order valence-electron chi connectivity index (χ3n) is 3.20. The Bertz CT molecular complexity index is 366. The Morgan fingerprint density at radius 3 is 3.12 bits per heavy atom. The number of hydrogen-bond acceptors (Lipinski definition) is 4. The number of carbonyl (C=O) groups is 1. The molecule has 1 amide bonds. The number of rotatable bonds is 5. The van der Waals surface area contributed by atoms with Crippen molar-refractivity contribution in [1.82, 2.24) is 15.1 Å². The van der Waals surface area contributed by atoms with Gasteiger partial charge in [-0.05, 0) is 36.0 Å². The first-order chi connectivity index (χ1) is 8.22. The third kappa shape index (κ3) is 2.86. The average molecular weight is 253 g/mol. The molecule has 1 aliphatic rings. The predicted octanol–water partition coefficient (Wildman–Crippen LogP) is 1.13. The second kappa shape index (κ2) is 5.62. The van der Waals surface area contributed by atoms with Crippen molar-refractivity contribution in [2.45, 2.75) is 13.1 Å². The van der Waals surface area contributed by atoms with Crippen molar-refractivity contribution >= 4 is 17.2 Å². The number of carbonyl (C=O) groups excluding carboxylic acids is 1. The van der Waals surface area contributed by atoms with Crippen molar-refractivity contribution in [3.05, 3.63) is 22.4 Å². The van der Waals surface area contributed by atoms with Crippen LogP contribution in [0.5, 0.6) is 0 Å². The van der Waals surface area contributed by atoms with Gasteiger partial charge in [0.1, 0.15) is 6.17 Å². The van der Waals surface area contributed by atoms with E-state index in [1.807, 2.05) is 4.90 Å². The van der Waals surface area contributed by atoms with Gasteiger partial charge in [-0.15, -0.1) is 0 Å². The SMILES string of the molecule is CCN(C)CCN1C(=O)CNC1c1ccsc1. The smallest absolute Gasteiger partial charge is 0.238 e. The summed E-state index contributed by atoms with van der Waals surface area (Å²) in [4.78, 5) is 16.0. The van der Waals surface area contributed by atoms with E-state index in [2.05, 4.69) is 41.0 Å². The van der Waals surface area contributed by atoms with Crippen LogP contribution in [0.15, 0.2) is 16.8 Å². The average Bonchev–Trinajstić information content (AvgIpc) is 2.95. The first-order valence-corrected chi connectivity index (χ1v) is 6.90. The summed E-state index contributed by atoms with van der Waals surface area (Å²) in [6.07, 6.45) is 0.0685. The number of hydrogen-bond donors (Lipinski definition) is 1. The van der Waals surface area contributed by atoms with Gasteiger partial charge in [0.25, 0.3) is 0 Å². The second-order valence-electron chi connectivity index (χ2n) is 4.32. The largest absolute Gasteiger partial charge is 0.321 e. The number of nitrogens with zero attached hydrogens (tertiary/aromatic N) is 2. The Morgan fingerprint density at radius 2 is 2.47 bits per heavy atom. The van der Waals surface area contributed by atoms with Crippen molar-refractivity contribution in [2.24, 2.45) is 0 Å². The standard InChI is InChI=1S/C12H19N3OS/c1-3-14(2)5-6-15-11(16)8-13-12(15)10-4-7-17-9-10/h4,7,9,12-13H,3,5-6,8H2,1-2H3. The highest BCUT2D eigenvalue weighted by Gasteiger charge is 2.31. The fourth-order valence-electron chi connectivity index (χ4n) is 1.96. The van der Waals surface area contributed by atoms with Crippen LogP contribution in [0, 0.1) is 0 Å². The molecule has 17 heavy (non-hydrogen) atoms. The van der Waals surface area contributed by atoms with Gasteiger partial charge in [-0.1, -0.05) is 6.92 Å². The lowest BCUT2D eigenvalue weighted by Gasteiger charge is -2.26. The van der Waals surface area contributed by atoms with E-state index in [0.717, 1.165) is 19.6 Å². The Balaban J connectivity index is 1.99. The van der Waals surface area contributed by atoms with Crippen molar-refractivity contribution in [3.8, 4) is 0 Å². The summed E-state index contributed by atoms with van der Waals surface area (Å²) in [7, 11) is 2.08. The molecule has 5 heteroatoms. The normalized spacial score (nSPS) is 20.5. The summed E-state index contributed by atoms with van der Waals surface area (Å²) >= 11 is 1.67. The maximum Gasteiger partial charge on any atom is 0.238 e. The summed E-state index contributed by atoms with van der Waals surface area (Å²) in [6.45, 7) is 5.30. The van der Waals surface area contributed by atoms with Crippen molar-refractivity contribution in [3.63, 3.8) is 0 Å². The van der Waals surface area contributed by atoms with Gasteiger partial charge in [-0.3, -0.25) is 10.1 Å². The molecule has 1 aromatic rings. The van der Waals surface area contributed by atoms with Crippen LogP contribution in [0.3, 0.4) is 0 Å². The first-order valence-electron chi connectivity index (χ1n) is 5.96. The Morgan fingerprint density at radius 1 is 1.65 bits per heavy atom. The van der Waals surface area contributed by atoms with E-state index in [9.17, 15) is 4.79 Å². The molecule has 94 valence electrons. The summed E-state index contributed by atoms with van der Waals surface area (Å²) in [6, 6.07) is 2.08. The monoisotopic (exact) mass is 253 g/mol. The third-order valence-corrected chi connectivity index (χ3v) is 3.90. The number of likely N-dealkylation sites (N-methyl/N-ethyl adjacent to an activating group) is 1. The molecule has 1 aromatic heterocycles. The molecule has 1 saturated heterocycles. The van der Waals surface area contributed by atoms with E-state index in [0.29, 0.717) is 6.54 Å². The molecule has 0 bridgehead atoms. The Kier molecular flexibility index (Phi) is 4.15. The zero-order valence-electron chi connectivity index (χ0n) is 10.3. The highest BCUT2D eigenvalue weighted by atomic mass is 32.1. The lowest BCUT2D eigenvalue weighted by Crippen LogP contribution is -2.36. The molecule has 0 aromatic carbocycles. The van der Waals surface area contributed by atoms with Crippen LogP contribution < -0.4 is 5.32 Å². The van der Waals surface area contributed by atoms with Crippen molar-refractivity contribution in [2.75, 3.05) is 33.2 Å². The summed E-state index contributed by atoms with van der Waals surface area (Å²) in [5.41, 5.74) is 1.19. The van der Waals surface area contributed by atoms with Gasteiger partial charge in [0.15, 0.2) is 0 Å². The van der Waals surface area contributed by atoms with E-state index < -0.39 is 0 Å². The molecule has 1 unspecified atom stereocenters. The van der Waals surface area contributed by atoms with Gasteiger partial charge in [-0.2, -0.15) is 11.3 Å². The van der Waals surface area contributed by atoms with Crippen LogP contribution in [0.4, 0.5) is 0 Å². The first kappa shape index (κ1) is 12.5. The molecule has 0 spiro atoms. The van der Waals surface area contributed by atoms with Gasteiger partial charge >= 0.3 is 0 Å². The van der Waals surface area contributed by atoms with E-state index in [4.69, 9.17) is 0 Å². The van der Waals surface area contributed by atoms with Crippen LogP contribution in [0.1, 0.15) is 18.7 Å². The summed E-state index contributed by atoms with van der Waals surface area (Å²) < 4.78 is 0. The molecule has 0 saturated carbocycles. The zero-order valence-corrected chi connectivity index (χ0v) is 11.2. The minimum atomic E-state index is 0.0685. The number of amides is 1. The zero-order chi connectivity index (χ0) is 12.3. The molecule has 1 atom stereocenters. The van der Waals surface area contributed by atoms with Crippen molar-refractivity contribution < 1.29 is 4.79 Å². The van der Waals surface area contributed by atoms with Gasteiger partial charge in [-0.25, -0.2) is 0 Å². The summed E-state index contributed by atoms with van der Waals surface area (Å²) in [5.74, 6) is 0.200. The highest BCUT2D eigenvalue weighted by molar-refractivity contribution is 7.07. The minimum absolute atomic E-state index is 0.0685. The van der Waals surface area contributed by atoms with E-state index in [-0.39, 0.29) is 12.1 Å². The maximum atomic E-state index is 11.8. The number of thiophene rings is 1. The molecule has 0 aliphatic carbocycles. The lowest BCUT2D eigenvalue weighted by molar-refractivity contribution is -0.128. The molecule has 1 aliphatic heterocycles. The van der Waals surface area contributed by atoms with Gasteiger partial charge in [0, 0.05) is 13.1 Å². The molecular formula is C12H19N3OS. The van der Waals surface area contributed by atoms with E-state index >= 15 is 0 Å². The molecule has 1 N–H and O–H groups in total. The Labute approximate surface area is 106 Å². The van der Waals surface area contributed by atoms with Crippen molar-refractivity contribution in [1.29, 1.82) is 0 Å². The van der Waals surface area contributed by atoms with Crippen LogP contribution in [-0.4, -0.2) is 48.9 Å². The van der Waals surface area contributed by atoms with Crippen LogP contribution in [-0.2, 0) is 4.79 Å². The molecular weight excluding hydrogens is 234 g/mol. The lowest BCUT2D eigenvalue weighted by atomic mass is 10.2. The minimum Gasteiger partial charge on any atom is -0.321 e. The number of nitrogens with one attached hydrogen (secondary N) is 1. The summed E-state index contributed by atoms with van der Waals surface area (Å²) in [5, 5.41) is 7.42. The fourth-order valence-corrected chi connectivity index (χ4v) is 2.64. The molecule has 4 nitrogen and oxygen atoms in total. The fraction of sp³-hybridized carbons (Fsp3) is 0.583. The molecule has 1 fully saturated rings. The quantitative estimate of drug-likeness (QED) is 0.854. The second-order valence-corrected chi connectivity index (χ2v) is 5.10. The molecule has 2 heterocycles. The maximum absolute atomic E-state index is 11.8. The van der Waals surface area contributed by atoms with Gasteiger partial charge in [0.05, 0.1) is 6.54 Å². The topological polar surface area (TPSA) is 35.6 Å². The van der Waals surface area contributed by atoms with E-state index in [1.165, 1.54) is 5.56 Å². The highest BCUT2D eigenvalue weighted by Crippen LogP contribution is 2.23. The van der Waals surface area contributed by atoms with Gasteiger partial charge < -0.3 is 9.80 Å². The van der Waals surface area contributed by atoms with E-state index in [1.54, 1.807) is 11.3 Å². The molecule has 0 radical (unpaired) electrons. The van der Waals surface area contributed by atoms with Crippen LogP contribution in [0.2, 0.25) is 0 Å². The predicted molar refractivity (Wildman–Crippen MR) is 69.9 cm³/mol. The van der Waals surface area contributed by atoms with Gasteiger partial charge in [0.2, 0.25) is 5.91 Å². The Hall–Kier alpha value is -0.910. The van der Waals surface area contributed by atoms with Crippen LogP contribution in [0.25, 0.3) is 0 Å².